The van der Waals surface area contributed by atoms with Gasteiger partial charge in [-0.05, 0) is 19.8 Å². The second-order valence-corrected chi connectivity index (χ2v) is 4.34. The molecule has 16 heavy (non-hydrogen) atoms. The normalized spacial score (nSPS) is 24.6. The first-order chi connectivity index (χ1) is 7.69. The molecule has 2 atom stereocenters. The Morgan fingerprint density at radius 2 is 2.44 bits per heavy atom. The van der Waals surface area contributed by atoms with Crippen molar-refractivity contribution in [2.75, 3.05) is 11.9 Å². The van der Waals surface area contributed by atoms with Crippen LogP contribution in [-0.2, 0) is 0 Å². The van der Waals surface area contributed by atoms with Crippen molar-refractivity contribution < 1.29 is 5.11 Å². The van der Waals surface area contributed by atoms with Crippen molar-refractivity contribution in [3.63, 3.8) is 0 Å². The van der Waals surface area contributed by atoms with Crippen LogP contribution >= 0.6 is 0 Å². The van der Waals surface area contributed by atoms with Crippen LogP contribution in [0.3, 0.4) is 0 Å². The molecule has 1 aromatic heterocycles. The molecule has 2 unspecified atom stereocenters. The Hall–Kier alpha value is -1.36. The first-order valence-electron chi connectivity index (χ1n) is 5.64. The fourth-order valence-corrected chi connectivity index (χ4v) is 2.29. The average molecular weight is 223 g/mol. The van der Waals surface area contributed by atoms with Gasteiger partial charge in [-0.15, -0.1) is 0 Å². The summed E-state index contributed by atoms with van der Waals surface area (Å²) in [6.45, 7) is 1.95. The summed E-state index contributed by atoms with van der Waals surface area (Å²) in [4.78, 5) is 18.1. The third-order valence-electron chi connectivity index (χ3n) is 3.09. The number of aryl methyl sites for hydroxylation is 1. The van der Waals surface area contributed by atoms with Gasteiger partial charge in [0, 0.05) is 24.6 Å². The van der Waals surface area contributed by atoms with Crippen LogP contribution in [0.1, 0.15) is 25.1 Å². The van der Waals surface area contributed by atoms with E-state index in [0.29, 0.717) is 11.6 Å². The summed E-state index contributed by atoms with van der Waals surface area (Å²) in [6, 6.07) is 1.69. The monoisotopic (exact) mass is 223 g/mol. The van der Waals surface area contributed by atoms with Gasteiger partial charge in [0.2, 0.25) is 0 Å². The number of H-pyrrole nitrogens is 1. The smallest absolute Gasteiger partial charge is 0.252 e. The molecule has 0 spiro atoms. The summed E-state index contributed by atoms with van der Waals surface area (Å²) < 4.78 is 0. The molecule has 5 heteroatoms. The number of aromatic amines is 1. The van der Waals surface area contributed by atoms with Crippen LogP contribution in [-0.4, -0.2) is 27.7 Å². The largest absolute Gasteiger partial charge is 0.396 e. The van der Waals surface area contributed by atoms with Crippen molar-refractivity contribution in [1.82, 2.24) is 9.97 Å². The molecule has 3 N–H and O–H groups in total. The second kappa shape index (κ2) is 4.65. The minimum Gasteiger partial charge on any atom is -0.396 e. The van der Waals surface area contributed by atoms with Crippen molar-refractivity contribution >= 4 is 5.82 Å². The number of aliphatic hydroxyl groups excluding tert-OH is 1. The lowest BCUT2D eigenvalue weighted by Crippen LogP contribution is -2.27. The van der Waals surface area contributed by atoms with Crippen molar-refractivity contribution in [3.05, 3.63) is 22.2 Å². The minimum atomic E-state index is -0.145. The predicted molar refractivity (Wildman–Crippen MR) is 61.4 cm³/mol. The zero-order valence-corrected chi connectivity index (χ0v) is 9.36. The summed E-state index contributed by atoms with van der Waals surface area (Å²) in [6.07, 6.45) is 3.18. The molecule has 1 heterocycles. The standard InChI is InChI=1S/C11H17N3O2/c1-7-12-10(5-11(16)13-7)14-9-4-2-3-8(9)6-15/h5,8-9,15H,2-4,6H2,1H3,(H2,12,13,14,16). The Bertz CT molecular complexity index is 416. The number of aromatic nitrogens is 2. The number of nitrogens with zero attached hydrogens (tertiary/aromatic N) is 1. The van der Waals surface area contributed by atoms with E-state index in [4.69, 9.17) is 0 Å². The number of hydrogen-bond acceptors (Lipinski definition) is 4. The molecule has 1 fully saturated rings. The van der Waals surface area contributed by atoms with Crippen LogP contribution in [0.2, 0.25) is 0 Å². The van der Waals surface area contributed by atoms with Gasteiger partial charge in [-0.1, -0.05) is 6.42 Å². The van der Waals surface area contributed by atoms with Gasteiger partial charge < -0.3 is 15.4 Å². The van der Waals surface area contributed by atoms with Crippen molar-refractivity contribution in [2.24, 2.45) is 5.92 Å². The Morgan fingerprint density at radius 1 is 1.62 bits per heavy atom. The topological polar surface area (TPSA) is 78.0 Å². The SMILES string of the molecule is Cc1nc(NC2CCCC2CO)cc(=O)[nH]1. The highest BCUT2D eigenvalue weighted by atomic mass is 16.3. The molecule has 1 aromatic rings. The van der Waals surface area contributed by atoms with E-state index in [1.54, 1.807) is 6.92 Å². The fraction of sp³-hybridized carbons (Fsp3) is 0.636. The first-order valence-corrected chi connectivity index (χ1v) is 5.64. The molecule has 1 aliphatic rings. The van der Waals surface area contributed by atoms with E-state index in [-0.39, 0.29) is 24.1 Å². The number of nitrogens with one attached hydrogen (secondary N) is 2. The lowest BCUT2D eigenvalue weighted by Gasteiger charge is -2.19. The van der Waals surface area contributed by atoms with Gasteiger partial charge >= 0.3 is 0 Å². The number of hydrogen-bond donors (Lipinski definition) is 3. The van der Waals surface area contributed by atoms with Crippen molar-refractivity contribution in [2.45, 2.75) is 32.2 Å². The van der Waals surface area contributed by atoms with E-state index in [2.05, 4.69) is 15.3 Å². The molecule has 0 aliphatic heterocycles. The Kier molecular flexibility index (Phi) is 3.24. The van der Waals surface area contributed by atoms with Crippen LogP contribution in [0.4, 0.5) is 5.82 Å². The molecule has 1 saturated carbocycles. The fourth-order valence-electron chi connectivity index (χ4n) is 2.29. The predicted octanol–water partition coefficient (Wildman–Crippen LogP) is 0.651. The van der Waals surface area contributed by atoms with E-state index in [1.165, 1.54) is 6.07 Å². The minimum absolute atomic E-state index is 0.145. The summed E-state index contributed by atoms with van der Waals surface area (Å²) >= 11 is 0. The number of anilines is 1. The number of aliphatic hydroxyl groups is 1. The van der Waals surface area contributed by atoms with Crippen LogP contribution in [0.5, 0.6) is 0 Å². The summed E-state index contributed by atoms with van der Waals surface area (Å²) in [5.74, 6) is 1.49. The Balaban J connectivity index is 2.11. The lowest BCUT2D eigenvalue weighted by atomic mass is 10.1. The summed E-state index contributed by atoms with van der Waals surface area (Å²) in [5, 5.41) is 12.4. The van der Waals surface area contributed by atoms with Crippen LogP contribution in [0, 0.1) is 12.8 Å². The van der Waals surface area contributed by atoms with E-state index in [1.807, 2.05) is 0 Å². The molecule has 2 rings (SSSR count). The highest BCUT2D eigenvalue weighted by Gasteiger charge is 2.26. The summed E-state index contributed by atoms with van der Waals surface area (Å²) in [7, 11) is 0. The van der Waals surface area contributed by atoms with E-state index in [0.717, 1.165) is 19.3 Å². The maximum Gasteiger partial charge on any atom is 0.252 e. The van der Waals surface area contributed by atoms with Gasteiger partial charge in [0.15, 0.2) is 0 Å². The van der Waals surface area contributed by atoms with Gasteiger partial charge in [0.05, 0.1) is 0 Å². The highest BCUT2D eigenvalue weighted by molar-refractivity contribution is 5.34. The quantitative estimate of drug-likeness (QED) is 0.703. The highest BCUT2D eigenvalue weighted by Crippen LogP contribution is 2.27. The van der Waals surface area contributed by atoms with Gasteiger partial charge in [-0.3, -0.25) is 4.79 Å². The first kappa shape index (κ1) is 11.1. The van der Waals surface area contributed by atoms with E-state index in [9.17, 15) is 9.90 Å². The molecule has 1 aliphatic carbocycles. The molecule has 0 amide bonds. The Labute approximate surface area is 93.9 Å². The summed E-state index contributed by atoms with van der Waals surface area (Å²) in [5.41, 5.74) is -0.145. The molecule has 5 nitrogen and oxygen atoms in total. The maximum atomic E-state index is 11.3. The van der Waals surface area contributed by atoms with Gasteiger partial charge in [0.25, 0.3) is 5.56 Å². The average Bonchev–Trinajstić information content (AvgIpc) is 2.63. The van der Waals surface area contributed by atoms with Crippen LogP contribution < -0.4 is 10.9 Å². The Morgan fingerprint density at radius 3 is 3.12 bits per heavy atom. The van der Waals surface area contributed by atoms with E-state index < -0.39 is 0 Å². The molecule has 0 radical (unpaired) electrons. The number of rotatable bonds is 3. The van der Waals surface area contributed by atoms with Crippen molar-refractivity contribution in [1.29, 1.82) is 0 Å². The van der Waals surface area contributed by atoms with Gasteiger partial charge in [-0.25, -0.2) is 4.98 Å². The molecule has 88 valence electrons. The van der Waals surface area contributed by atoms with E-state index >= 15 is 0 Å². The zero-order chi connectivity index (χ0) is 11.5. The molecule has 0 bridgehead atoms. The van der Waals surface area contributed by atoms with Gasteiger partial charge in [-0.2, -0.15) is 0 Å². The third kappa shape index (κ3) is 2.41. The molecule has 0 aromatic carbocycles. The molecular formula is C11H17N3O2. The lowest BCUT2D eigenvalue weighted by molar-refractivity contribution is 0.222. The maximum absolute atomic E-state index is 11.3. The second-order valence-electron chi connectivity index (χ2n) is 4.34. The van der Waals surface area contributed by atoms with Crippen molar-refractivity contribution in [3.8, 4) is 0 Å². The third-order valence-corrected chi connectivity index (χ3v) is 3.09. The van der Waals surface area contributed by atoms with Crippen LogP contribution in [0.15, 0.2) is 10.9 Å². The zero-order valence-electron chi connectivity index (χ0n) is 9.36. The molecular weight excluding hydrogens is 206 g/mol. The molecule has 0 saturated heterocycles. The van der Waals surface area contributed by atoms with Gasteiger partial charge in [0.1, 0.15) is 11.6 Å². The van der Waals surface area contributed by atoms with Crippen LogP contribution in [0.25, 0.3) is 0 Å².